The topological polar surface area (TPSA) is 66.9 Å². The van der Waals surface area contributed by atoms with Gasteiger partial charge in [-0.15, -0.1) is 0 Å². The Morgan fingerprint density at radius 2 is 2.00 bits per heavy atom. The number of carbonyl (C=O) groups is 1. The van der Waals surface area contributed by atoms with Gasteiger partial charge in [-0.3, -0.25) is 4.79 Å². The minimum atomic E-state index is -0.193. The molecule has 2 rings (SSSR count). The highest BCUT2D eigenvalue weighted by Gasteiger charge is 2.12. The second-order valence-electron chi connectivity index (χ2n) is 4.46. The number of pyridine rings is 2. The quantitative estimate of drug-likeness (QED) is 0.805. The van der Waals surface area contributed by atoms with Gasteiger partial charge in [0.15, 0.2) is 0 Å². The maximum absolute atomic E-state index is 12.3. The number of hydrogen-bond acceptors (Lipinski definition) is 4. The third-order valence-electron chi connectivity index (χ3n) is 2.87. The monoisotopic (exact) mass is 304 g/mol. The molecule has 21 heavy (non-hydrogen) atoms. The molecule has 0 radical (unpaired) electrons. The minimum absolute atomic E-state index is 0.193. The van der Waals surface area contributed by atoms with Gasteiger partial charge in [-0.25, -0.2) is 9.97 Å². The van der Waals surface area contributed by atoms with Crippen molar-refractivity contribution < 1.29 is 4.79 Å². The fourth-order valence-corrected chi connectivity index (χ4v) is 1.98. The Morgan fingerprint density at radius 1 is 1.24 bits per heavy atom. The van der Waals surface area contributed by atoms with Crippen molar-refractivity contribution in [3.05, 3.63) is 52.9 Å². The van der Waals surface area contributed by atoms with Crippen LogP contribution in [0.4, 0.5) is 5.82 Å². The molecule has 0 fully saturated rings. The smallest absolute Gasteiger partial charge is 0.255 e. The molecule has 2 aromatic rings. The van der Waals surface area contributed by atoms with Crippen LogP contribution in [0.5, 0.6) is 0 Å². The van der Waals surface area contributed by atoms with E-state index in [0.717, 1.165) is 18.5 Å². The molecule has 5 nitrogen and oxygen atoms in total. The number of nitrogens with zero attached hydrogens (tertiary/aromatic N) is 2. The second kappa shape index (κ2) is 7.59. The Kier molecular flexibility index (Phi) is 5.51. The van der Waals surface area contributed by atoms with Gasteiger partial charge in [0, 0.05) is 31.0 Å². The Morgan fingerprint density at radius 3 is 2.76 bits per heavy atom. The number of amides is 1. The van der Waals surface area contributed by atoms with Crippen LogP contribution in [0.1, 0.15) is 29.3 Å². The zero-order chi connectivity index (χ0) is 15.1. The molecular weight excluding hydrogens is 288 g/mol. The van der Waals surface area contributed by atoms with E-state index >= 15 is 0 Å². The first-order chi connectivity index (χ1) is 10.2. The van der Waals surface area contributed by atoms with Gasteiger partial charge in [0.1, 0.15) is 11.0 Å². The lowest BCUT2D eigenvalue weighted by atomic mass is 10.2. The maximum atomic E-state index is 12.3. The van der Waals surface area contributed by atoms with E-state index in [9.17, 15) is 4.79 Å². The first-order valence-corrected chi connectivity index (χ1v) is 7.16. The number of hydrogen-bond donors (Lipinski definition) is 2. The van der Waals surface area contributed by atoms with Crippen molar-refractivity contribution >= 4 is 23.3 Å². The zero-order valence-electron chi connectivity index (χ0n) is 11.8. The van der Waals surface area contributed by atoms with Crippen molar-refractivity contribution in [1.82, 2.24) is 15.3 Å². The highest BCUT2D eigenvalue weighted by Crippen LogP contribution is 2.13. The number of anilines is 1. The summed E-state index contributed by atoms with van der Waals surface area (Å²) in [5.41, 5.74) is 1.30. The second-order valence-corrected chi connectivity index (χ2v) is 4.82. The van der Waals surface area contributed by atoms with Gasteiger partial charge in [0.05, 0.1) is 5.56 Å². The lowest BCUT2D eigenvalue weighted by Gasteiger charge is -2.11. The standard InChI is InChI=1S/C15H17ClN4O/c1-2-7-18-14-12(6-4-9-19-14)15(21)20-10-11-5-3-8-17-13(11)16/h3-6,8-9H,2,7,10H2,1H3,(H,18,19)(H,20,21). The van der Waals surface area contributed by atoms with E-state index in [2.05, 4.69) is 27.5 Å². The molecule has 2 aromatic heterocycles. The summed E-state index contributed by atoms with van der Waals surface area (Å²) in [5.74, 6) is 0.399. The first kappa shape index (κ1) is 15.3. The number of carbonyl (C=O) groups excluding carboxylic acids is 1. The largest absolute Gasteiger partial charge is 0.369 e. The lowest BCUT2D eigenvalue weighted by molar-refractivity contribution is 0.0951. The van der Waals surface area contributed by atoms with Gasteiger partial charge in [-0.1, -0.05) is 24.6 Å². The van der Waals surface area contributed by atoms with Crippen molar-refractivity contribution in [3.8, 4) is 0 Å². The SMILES string of the molecule is CCCNc1ncccc1C(=O)NCc1cccnc1Cl. The normalized spacial score (nSPS) is 10.2. The van der Waals surface area contributed by atoms with E-state index in [1.165, 1.54) is 0 Å². The van der Waals surface area contributed by atoms with Crippen LogP contribution >= 0.6 is 11.6 Å². The van der Waals surface area contributed by atoms with Crippen LogP contribution in [0.2, 0.25) is 5.15 Å². The van der Waals surface area contributed by atoms with Gasteiger partial charge in [-0.05, 0) is 24.6 Å². The van der Waals surface area contributed by atoms with Crippen molar-refractivity contribution in [2.45, 2.75) is 19.9 Å². The molecule has 6 heteroatoms. The fourth-order valence-electron chi connectivity index (χ4n) is 1.79. The molecular formula is C15H17ClN4O. The summed E-state index contributed by atoms with van der Waals surface area (Å²) in [6.45, 7) is 3.15. The predicted octanol–water partition coefficient (Wildman–Crippen LogP) is 2.88. The molecule has 0 saturated carbocycles. The zero-order valence-corrected chi connectivity index (χ0v) is 12.5. The van der Waals surface area contributed by atoms with Crippen LogP contribution < -0.4 is 10.6 Å². The fraction of sp³-hybridized carbons (Fsp3) is 0.267. The highest BCUT2D eigenvalue weighted by molar-refractivity contribution is 6.30. The lowest BCUT2D eigenvalue weighted by Crippen LogP contribution is -2.24. The summed E-state index contributed by atoms with van der Waals surface area (Å²) in [4.78, 5) is 20.4. The van der Waals surface area contributed by atoms with Crippen molar-refractivity contribution in [1.29, 1.82) is 0 Å². The molecule has 110 valence electrons. The van der Waals surface area contributed by atoms with Crippen LogP contribution in [0.25, 0.3) is 0 Å². The summed E-state index contributed by atoms with van der Waals surface area (Å²) in [6, 6.07) is 7.09. The summed E-state index contributed by atoms with van der Waals surface area (Å²) in [6.07, 6.45) is 4.23. The van der Waals surface area contributed by atoms with E-state index in [0.29, 0.717) is 23.1 Å². The van der Waals surface area contributed by atoms with Gasteiger partial charge in [-0.2, -0.15) is 0 Å². The highest BCUT2D eigenvalue weighted by atomic mass is 35.5. The number of halogens is 1. The third-order valence-corrected chi connectivity index (χ3v) is 3.21. The van der Waals surface area contributed by atoms with E-state index in [1.807, 2.05) is 6.07 Å². The molecule has 0 atom stereocenters. The van der Waals surface area contributed by atoms with Crippen molar-refractivity contribution in [2.75, 3.05) is 11.9 Å². The Labute approximate surface area is 128 Å². The summed E-state index contributed by atoms with van der Waals surface area (Å²) < 4.78 is 0. The average molecular weight is 305 g/mol. The molecule has 0 spiro atoms. The molecule has 0 bridgehead atoms. The third kappa shape index (κ3) is 4.16. The Hall–Kier alpha value is -2.14. The summed E-state index contributed by atoms with van der Waals surface area (Å²) in [7, 11) is 0. The molecule has 1 amide bonds. The summed E-state index contributed by atoms with van der Waals surface area (Å²) in [5, 5.41) is 6.37. The van der Waals surface area contributed by atoms with Gasteiger partial charge in [0.2, 0.25) is 0 Å². The molecule has 0 aromatic carbocycles. The molecule has 0 aliphatic rings. The van der Waals surface area contributed by atoms with Gasteiger partial charge < -0.3 is 10.6 Å². The molecule has 0 unspecified atom stereocenters. The average Bonchev–Trinajstić information content (AvgIpc) is 2.52. The van der Waals surface area contributed by atoms with E-state index in [1.54, 1.807) is 30.6 Å². The molecule has 2 N–H and O–H groups in total. The van der Waals surface area contributed by atoms with Gasteiger partial charge >= 0.3 is 0 Å². The molecule has 2 heterocycles. The van der Waals surface area contributed by atoms with Crippen molar-refractivity contribution in [2.24, 2.45) is 0 Å². The van der Waals surface area contributed by atoms with Crippen LogP contribution in [0, 0.1) is 0 Å². The number of nitrogens with one attached hydrogen (secondary N) is 2. The Bertz CT molecular complexity index is 618. The minimum Gasteiger partial charge on any atom is -0.369 e. The predicted molar refractivity (Wildman–Crippen MR) is 83.4 cm³/mol. The van der Waals surface area contributed by atoms with Crippen LogP contribution in [-0.2, 0) is 6.54 Å². The van der Waals surface area contributed by atoms with E-state index in [-0.39, 0.29) is 5.91 Å². The van der Waals surface area contributed by atoms with Crippen molar-refractivity contribution in [3.63, 3.8) is 0 Å². The van der Waals surface area contributed by atoms with E-state index < -0.39 is 0 Å². The molecule has 0 aliphatic carbocycles. The maximum Gasteiger partial charge on any atom is 0.255 e. The molecule has 0 saturated heterocycles. The molecule has 0 aliphatic heterocycles. The van der Waals surface area contributed by atoms with Gasteiger partial charge in [0.25, 0.3) is 5.91 Å². The number of aromatic nitrogens is 2. The van der Waals surface area contributed by atoms with Crippen LogP contribution in [0.3, 0.4) is 0 Å². The van der Waals surface area contributed by atoms with Crippen LogP contribution in [-0.4, -0.2) is 22.4 Å². The Balaban J connectivity index is 2.05. The van der Waals surface area contributed by atoms with E-state index in [4.69, 9.17) is 11.6 Å². The summed E-state index contributed by atoms with van der Waals surface area (Å²) >= 11 is 5.97. The van der Waals surface area contributed by atoms with Crippen LogP contribution in [0.15, 0.2) is 36.7 Å². The number of rotatable bonds is 6. The first-order valence-electron chi connectivity index (χ1n) is 6.79.